The zero-order valence-corrected chi connectivity index (χ0v) is 18.2. The highest BCUT2D eigenvalue weighted by Crippen LogP contribution is 2.35. The molecule has 0 bridgehead atoms. The van der Waals surface area contributed by atoms with Crippen molar-refractivity contribution in [2.24, 2.45) is 0 Å². The number of esters is 1. The van der Waals surface area contributed by atoms with Crippen LogP contribution in [-0.4, -0.2) is 37.8 Å². The molecule has 150 valence electrons. The van der Waals surface area contributed by atoms with Gasteiger partial charge in [-0.2, -0.15) is 0 Å². The highest BCUT2D eigenvalue weighted by atomic mass is 32.2. The number of hydrogen-bond acceptors (Lipinski definition) is 5. The van der Waals surface area contributed by atoms with Gasteiger partial charge < -0.3 is 15.0 Å². The lowest BCUT2D eigenvalue weighted by molar-refractivity contribution is -0.913. The van der Waals surface area contributed by atoms with Crippen LogP contribution in [-0.2, 0) is 22.5 Å². The number of likely N-dealkylation sites (N-methyl/N-ethyl adjacent to an activating group) is 1. The molecule has 2 N–H and O–H groups in total. The van der Waals surface area contributed by atoms with Crippen LogP contribution in [0, 0.1) is 6.92 Å². The molecule has 0 spiro atoms. The van der Waals surface area contributed by atoms with Crippen molar-refractivity contribution >= 4 is 40.0 Å². The number of anilines is 1. The number of nitrogens with one attached hydrogen (secondary N) is 2. The number of aryl methyl sites for hydroxylation is 1. The van der Waals surface area contributed by atoms with E-state index in [9.17, 15) is 9.59 Å². The van der Waals surface area contributed by atoms with Gasteiger partial charge >= 0.3 is 5.97 Å². The lowest BCUT2D eigenvalue weighted by Gasteiger charge is -2.22. The molecular weight excluding hydrogens is 392 g/mol. The van der Waals surface area contributed by atoms with E-state index in [-0.39, 0.29) is 11.9 Å². The largest absolute Gasteiger partial charge is 0.465 e. The van der Waals surface area contributed by atoms with Crippen LogP contribution in [0.1, 0.15) is 39.7 Å². The smallest absolute Gasteiger partial charge is 0.341 e. The van der Waals surface area contributed by atoms with Gasteiger partial charge in [0.15, 0.2) is 0 Å². The summed E-state index contributed by atoms with van der Waals surface area (Å²) in [5.41, 5.74) is 2.83. The van der Waals surface area contributed by atoms with Crippen LogP contribution in [0.25, 0.3) is 0 Å². The van der Waals surface area contributed by atoms with Gasteiger partial charge in [0.2, 0.25) is 5.91 Å². The summed E-state index contributed by atoms with van der Waals surface area (Å²) in [7, 11) is 1.39. The molecule has 1 aromatic heterocycles. The predicted octanol–water partition coefficient (Wildman–Crippen LogP) is 2.92. The molecule has 0 fully saturated rings. The lowest BCUT2D eigenvalue weighted by atomic mass is 10.0. The van der Waals surface area contributed by atoms with Crippen molar-refractivity contribution in [1.29, 1.82) is 0 Å². The summed E-state index contributed by atoms with van der Waals surface area (Å²) in [4.78, 5) is 28.7. The zero-order chi connectivity index (χ0) is 20.1. The van der Waals surface area contributed by atoms with E-state index in [0.29, 0.717) is 22.7 Å². The summed E-state index contributed by atoms with van der Waals surface area (Å²) in [5, 5.41) is 3.61. The SMILES string of the molecule is CC[NH+]1CCc2c(sc(NC(=O)CCSc3ccc(C)cc3)c2C(=O)OC)C1. The third-order valence-electron chi connectivity index (χ3n) is 4.99. The first-order chi connectivity index (χ1) is 13.5. The standard InChI is InChI=1S/C21H26N2O3S2/c1-4-23-11-9-16-17(13-23)28-20(19(16)21(25)26-3)22-18(24)10-12-27-15-7-5-14(2)6-8-15/h5-8H,4,9-13H2,1-3H3,(H,22,24)/p+1. The topological polar surface area (TPSA) is 59.8 Å². The molecule has 1 atom stereocenters. The van der Waals surface area contributed by atoms with Gasteiger partial charge in [-0.1, -0.05) is 17.7 Å². The van der Waals surface area contributed by atoms with Crippen LogP contribution < -0.4 is 10.2 Å². The molecule has 0 radical (unpaired) electrons. The molecule has 5 nitrogen and oxygen atoms in total. The first kappa shape index (κ1) is 20.9. The van der Waals surface area contributed by atoms with Crippen molar-refractivity contribution in [2.75, 3.05) is 31.3 Å². The molecule has 3 rings (SSSR count). The highest BCUT2D eigenvalue weighted by molar-refractivity contribution is 7.99. The van der Waals surface area contributed by atoms with Crippen molar-refractivity contribution in [1.82, 2.24) is 0 Å². The van der Waals surface area contributed by atoms with Gasteiger partial charge in [-0.15, -0.1) is 23.1 Å². The van der Waals surface area contributed by atoms with E-state index in [4.69, 9.17) is 4.74 Å². The summed E-state index contributed by atoms with van der Waals surface area (Å²) in [6, 6.07) is 8.29. The number of thiophene rings is 1. The molecule has 1 aliphatic heterocycles. The Hall–Kier alpha value is -1.83. The average Bonchev–Trinajstić information content (AvgIpc) is 3.05. The molecule has 0 saturated carbocycles. The summed E-state index contributed by atoms with van der Waals surface area (Å²) in [5.74, 6) is 0.270. The highest BCUT2D eigenvalue weighted by Gasteiger charge is 2.30. The normalized spacial score (nSPS) is 15.8. The Kier molecular flexibility index (Phi) is 7.15. The fourth-order valence-corrected chi connectivity index (χ4v) is 5.50. The van der Waals surface area contributed by atoms with E-state index in [1.165, 1.54) is 33.8 Å². The molecular formula is C21H27N2O3S2+. The Balaban J connectivity index is 1.65. The fourth-order valence-electron chi connectivity index (χ4n) is 3.33. The Labute approximate surface area is 174 Å². The number of hydrogen-bond donors (Lipinski definition) is 2. The van der Waals surface area contributed by atoms with E-state index >= 15 is 0 Å². The van der Waals surface area contributed by atoms with Crippen LogP contribution in [0.3, 0.4) is 0 Å². The molecule has 0 aliphatic carbocycles. The third kappa shape index (κ3) is 4.96. The first-order valence-electron chi connectivity index (χ1n) is 9.57. The molecule has 1 aliphatic rings. The number of quaternary nitrogens is 1. The number of rotatable bonds is 7. The molecule has 28 heavy (non-hydrogen) atoms. The molecule has 1 amide bonds. The Morgan fingerprint density at radius 1 is 1.29 bits per heavy atom. The van der Waals surface area contributed by atoms with E-state index in [1.807, 2.05) is 0 Å². The number of carbonyl (C=O) groups excluding carboxylic acids is 2. The second-order valence-electron chi connectivity index (χ2n) is 6.94. The van der Waals surface area contributed by atoms with E-state index in [1.54, 1.807) is 11.8 Å². The minimum atomic E-state index is -0.359. The van der Waals surface area contributed by atoms with Gasteiger partial charge in [-0.3, -0.25) is 4.79 Å². The van der Waals surface area contributed by atoms with Crippen LogP contribution in [0.2, 0.25) is 0 Å². The number of ether oxygens (including phenoxy) is 1. The first-order valence-corrected chi connectivity index (χ1v) is 11.4. The number of fused-ring (bicyclic) bond motifs is 1. The Morgan fingerprint density at radius 2 is 2.04 bits per heavy atom. The van der Waals surface area contributed by atoms with Gasteiger partial charge in [0, 0.05) is 23.5 Å². The molecule has 1 unspecified atom stereocenters. The molecule has 0 saturated heterocycles. The number of thioether (sulfide) groups is 1. The maximum atomic E-state index is 12.5. The van der Waals surface area contributed by atoms with E-state index in [2.05, 4.69) is 43.4 Å². The molecule has 7 heteroatoms. The predicted molar refractivity (Wildman–Crippen MR) is 115 cm³/mol. The van der Waals surface area contributed by atoms with Gasteiger partial charge in [-0.05, 0) is 31.5 Å². The monoisotopic (exact) mass is 419 g/mol. The van der Waals surface area contributed by atoms with Crippen molar-refractivity contribution in [3.63, 3.8) is 0 Å². The van der Waals surface area contributed by atoms with E-state index in [0.717, 1.165) is 36.5 Å². The quantitative estimate of drug-likeness (QED) is 0.535. The van der Waals surface area contributed by atoms with Crippen LogP contribution in [0.5, 0.6) is 0 Å². The number of methoxy groups -OCH3 is 1. The second-order valence-corrected chi connectivity index (χ2v) is 9.21. The summed E-state index contributed by atoms with van der Waals surface area (Å²) < 4.78 is 4.99. The van der Waals surface area contributed by atoms with Crippen molar-refractivity contribution in [3.05, 3.63) is 45.8 Å². The number of benzene rings is 1. The maximum absolute atomic E-state index is 12.5. The minimum Gasteiger partial charge on any atom is -0.465 e. The fraction of sp³-hybridized carbons (Fsp3) is 0.429. The van der Waals surface area contributed by atoms with Crippen LogP contribution in [0.4, 0.5) is 5.00 Å². The Bertz CT molecular complexity index is 846. The van der Waals surface area contributed by atoms with Crippen molar-refractivity contribution in [2.45, 2.75) is 38.1 Å². The van der Waals surface area contributed by atoms with Gasteiger partial charge in [0.25, 0.3) is 0 Å². The summed E-state index contributed by atoms with van der Waals surface area (Å²) in [6.07, 6.45) is 1.24. The molecule has 1 aromatic carbocycles. The van der Waals surface area contributed by atoms with Gasteiger partial charge in [-0.25, -0.2) is 4.79 Å². The molecule has 2 heterocycles. The molecule has 2 aromatic rings. The minimum absolute atomic E-state index is 0.0666. The number of amides is 1. The average molecular weight is 420 g/mol. The zero-order valence-electron chi connectivity index (χ0n) is 16.6. The van der Waals surface area contributed by atoms with Crippen molar-refractivity contribution in [3.8, 4) is 0 Å². The van der Waals surface area contributed by atoms with Crippen molar-refractivity contribution < 1.29 is 19.2 Å². The second kappa shape index (κ2) is 9.58. The lowest BCUT2D eigenvalue weighted by Crippen LogP contribution is -3.11. The van der Waals surface area contributed by atoms with Crippen LogP contribution >= 0.6 is 23.1 Å². The van der Waals surface area contributed by atoms with Gasteiger partial charge in [0.05, 0.1) is 30.6 Å². The maximum Gasteiger partial charge on any atom is 0.341 e. The van der Waals surface area contributed by atoms with Crippen LogP contribution in [0.15, 0.2) is 29.2 Å². The van der Waals surface area contributed by atoms with E-state index < -0.39 is 0 Å². The summed E-state index contributed by atoms with van der Waals surface area (Å²) in [6.45, 7) is 7.19. The number of carbonyl (C=O) groups is 2. The summed E-state index contributed by atoms with van der Waals surface area (Å²) >= 11 is 3.19. The Morgan fingerprint density at radius 3 is 2.71 bits per heavy atom. The van der Waals surface area contributed by atoms with Gasteiger partial charge in [0.1, 0.15) is 11.5 Å². The third-order valence-corrected chi connectivity index (χ3v) is 7.15.